The number of hydrogen-bond donors (Lipinski definition) is 2. The highest BCUT2D eigenvalue weighted by molar-refractivity contribution is 7.33. The molecule has 9 aromatic rings. The molecular weight excluding hydrogens is 609 g/mol. The number of fused-ring (bicyclic) bond motifs is 8. The SMILES string of the molecule is Cc1cc2sc(-c3cc4/c(=N/N)c5cc6c(cc5c4s3)/c(=N\N)c3cc(-c4cc5sc(C)cc5s4)sc36)cc2s1. The summed E-state index contributed by atoms with van der Waals surface area (Å²) in [6.07, 6.45) is 0. The summed E-state index contributed by atoms with van der Waals surface area (Å²) in [5.74, 6) is 12.1. The van der Waals surface area contributed by atoms with Crippen LogP contribution in [0.25, 0.3) is 80.0 Å². The second kappa shape index (κ2) is 8.22. The zero-order valence-electron chi connectivity index (χ0n) is 21.1. The van der Waals surface area contributed by atoms with E-state index in [1.807, 2.05) is 68.0 Å². The van der Waals surface area contributed by atoms with Gasteiger partial charge in [-0.3, -0.25) is 0 Å². The second-order valence-corrected chi connectivity index (χ2v) is 16.8. The maximum atomic E-state index is 6.04. The van der Waals surface area contributed by atoms with Crippen LogP contribution in [0.15, 0.2) is 58.7 Å². The zero-order valence-corrected chi connectivity index (χ0v) is 26.0. The van der Waals surface area contributed by atoms with E-state index in [-0.39, 0.29) is 0 Å². The van der Waals surface area contributed by atoms with Crippen molar-refractivity contribution in [3.05, 3.63) is 69.0 Å². The lowest BCUT2D eigenvalue weighted by Gasteiger charge is -1.96. The van der Waals surface area contributed by atoms with Crippen LogP contribution in [-0.4, -0.2) is 0 Å². The minimum Gasteiger partial charge on any atom is -0.323 e. The predicted molar refractivity (Wildman–Crippen MR) is 181 cm³/mol. The maximum Gasteiger partial charge on any atom is 0.0993 e. The molecule has 0 aliphatic carbocycles. The number of hydrogen-bond acceptors (Lipinski definition) is 10. The first kappa shape index (κ1) is 23.6. The highest BCUT2D eigenvalue weighted by Gasteiger charge is 2.20. The lowest BCUT2D eigenvalue weighted by molar-refractivity contribution is 1.17. The number of nitrogens with zero attached hydrogens (tertiary/aromatic N) is 2. The van der Waals surface area contributed by atoms with Gasteiger partial charge in [-0.05, 0) is 62.4 Å². The third kappa shape index (κ3) is 3.14. The quantitative estimate of drug-likeness (QED) is 0.148. The van der Waals surface area contributed by atoms with E-state index >= 15 is 0 Å². The fourth-order valence-electron chi connectivity index (χ4n) is 5.87. The van der Waals surface area contributed by atoms with Crippen LogP contribution in [0.2, 0.25) is 0 Å². The largest absolute Gasteiger partial charge is 0.323 e. The first-order valence-corrected chi connectivity index (χ1v) is 17.4. The molecule has 0 atom stereocenters. The van der Waals surface area contributed by atoms with Gasteiger partial charge in [0.2, 0.25) is 0 Å². The Balaban J connectivity index is 1.27. The van der Waals surface area contributed by atoms with Gasteiger partial charge in [-0.25, -0.2) is 0 Å². The molecule has 4 nitrogen and oxygen atoms in total. The topological polar surface area (TPSA) is 76.8 Å². The van der Waals surface area contributed by atoms with E-state index in [0.717, 1.165) is 43.0 Å². The molecule has 0 saturated carbocycles. The van der Waals surface area contributed by atoms with Gasteiger partial charge in [0.1, 0.15) is 0 Å². The Kier molecular flexibility index (Phi) is 4.84. The van der Waals surface area contributed by atoms with E-state index < -0.39 is 0 Å². The van der Waals surface area contributed by atoms with E-state index in [1.165, 1.54) is 57.5 Å². The Morgan fingerprint density at radius 2 is 0.825 bits per heavy atom. The van der Waals surface area contributed by atoms with Gasteiger partial charge in [0.15, 0.2) is 0 Å². The number of rotatable bonds is 2. The fraction of sp³-hybridized carbons (Fsp3) is 0.0667. The normalized spacial score (nSPS) is 13.8. The molecule has 4 N–H and O–H groups in total. The lowest BCUT2D eigenvalue weighted by atomic mass is 10.1. The van der Waals surface area contributed by atoms with Gasteiger partial charge >= 0.3 is 0 Å². The lowest BCUT2D eigenvalue weighted by Crippen LogP contribution is -2.04. The minimum absolute atomic E-state index is 0.856. The molecular formula is C30H18N4S6. The van der Waals surface area contributed by atoms with Crippen LogP contribution in [-0.2, 0) is 0 Å². The van der Waals surface area contributed by atoms with Gasteiger partial charge in [-0.1, -0.05) is 0 Å². The van der Waals surface area contributed by atoms with Crippen LogP contribution < -0.4 is 22.4 Å². The molecule has 9 rings (SSSR count). The van der Waals surface area contributed by atoms with Crippen LogP contribution in [0.3, 0.4) is 0 Å². The molecule has 10 heteroatoms. The van der Waals surface area contributed by atoms with Crippen molar-refractivity contribution < 1.29 is 0 Å². The summed E-state index contributed by atoms with van der Waals surface area (Å²) in [5.41, 5.74) is 0. The van der Waals surface area contributed by atoms with Gasteiger partial charge < -0.3 is 11.7 Å². The Morgan fingerprint density at radius 1 is 0.425 bits per heavy atom. The van der Waals surface area contributed by atoms with E-state index in [1.54, 1.807) is 0 Å². The minimum atomic E-state index is 0.856. The first-order valence-electron chi connectivity index (χ1n) is 12.5. The van der Waals surface area contributed by atoms with Crippen molar-refractivity contribution >= 4 is 129 Å². The molecule has 6 heterocycles. The summed E-state index contributed by atoms with van der Waals surface area (Å²) in [6, 6.07) is 18.2. The standard InChI is InChI=1S/C30H18N4S6/c1-11-3-19-23(35-11)9-25(37-19)21-7-17-27(33-31)13-6-16-14(5-15(13)29(17)39-21)28(34-32)18-8-22(40-30(16)18)26-10-24-20(38-26)4-12(2)36-24/h3-10H,31-32H2,1-2H3/b33-27+,34-28+. The number of aryl methyl sites for hydroxylation is 2. The number of thiophene rings is 6. The average molecular weight is 627 g/mol. The van der Waals surface area contributed by atoms with Crippen LogP contribution in [0, 0.1) is 13.8 Å². The van der Waals surface area contributed by atoms with Crippen molar-refractivity contribution in [1.82, 2.24) is 0 Å². The van der Waals surface area contributed by atoms with Crippen molar-refractivity contribution in [2.24, 2.45) is 21.9 Å². The van der Waals surface area contributed by atoms with Gasteiger partial charge in [0.05, 0.1) is 10.7 Å². The van der Waals surface area contributed by atoms with Gasteiger partial charge in [0.25, 0.3) is 0 Å². The molecule has 0 saturated heterocycles. The average Bonchev–Trinajstić information content (AvgIpc) is 3.73. The maximum absolute atomic E-state index is 6.04. The molecule has 0 fully saturated rings. The molecule has 0 aliphatic rings. The molecule has 0 bridgehead atoms. The van der Waals surface area contributed by atoms with Crippen LogP contribution in [0.4, 0.5) is 0 Å². The summed E-state index contributed by atoms with van der Waals surface area (Å²) in [4.78, 5) is 7.80. The fourth-order valence-corrected chi connectivity index (χ4v) is 13.0. The van der Waals surface area contributed by atoms with Crippen LogP contribution in [0.5, 0.6) is 0 Å². The summed E-state index contributed by atoms with van der Waals surface area (Å²) in [7, 11) is 0. The van der Waals surface area contributed by atoms with Crippen molar-refractivity contribution in [3.63, 3.8) is 0 Å². The third-order valence-electron chi connectivity index (χ3n) is 7.54. The van der Waals surface area contributed by atoms with E-state index in [2.05, 4.69) is 72.6 Å². The van der Waals surface area contributed by atoms with Crippen LogP contribution >= 0.6 is 68.0 Å². The van der Waals surface area contributed by atoms with E-state index in [4.69, 9.17) is 11.7 Å². The number of nitrogens with two attached hydrogens (primary N) is 2. The molecule has 6 aromatic heterocycles. The summed E-state index contributed by atoms with van der Waals surface area (Å²) in [6.45, 7) is 4.33. The third-order valence-corrected chi connectivity index (χ3v) is 14.7. The Labute approximate surface area is 251 Å². The van der Waals surface area contributed by atoms with Crippen molar-refractivity contribution in [2.45, 2.75) is 13.8 Å². The summed E-state index contributed by atoms with van der Waals surface area (Å²) >= 11 is 11.0. The van der Waals surface area contributed by atoms with Crippen molar-refractivity contribution in [2.75, 3.05) is 0 Å². The van der Waals surface area contributed by atoms with E-state index in [0.29, 0.717) is 0 Å². The van der Waals surface area contributed by atoms with E-state index in [9.17, 15) is 0 Å². The molecule has 0 amide bonds. The molecule has 0 spiro atoms. The molecule has 0 unspecified atom stereocenters. The Hall–Kier alpha value is -3.12. The summed E-state index contributed by atoms with van der Waals surface area (Å²) in [5, 5.41) is 17.0. The van der Waals surface area contributed by atoms with Crippen LogP contribution in [0.1, 0.15) is 9.75 Å². The molecule has 0 radical (unpaired) electrons. The summed E-state index contributed by atoms with van der Waals surface area (Å²) < 4.78 is 7.83. The molecule has 0 aliphatic heterocycles. The predicted octanol–water partition coefficient (Wildman–Crippen LogP) is 9.35. The molecule has 40 heavy (non-hydrogen) atoms. The number of benzene rings is 1. The monoisotopic (exact) mass is 626 g/mol. The van der Waals surface area contributed by atoms with Gasteiger partial charge in [-0.15, -0.1) is 68.0 Å². The smallest absolute Gasteiger partial charge is 0.0993 e. The molecule has 194 valence electrons. The van der Waals surface area contributed by atoms with Crippen molar-refractivity contribution in [3.8, 4) is 19.5 Å². The van der Waals surface area contributed by atoms with Crippen molar-refractivity contribution in [1.29, 1.82) is 0 Å². The first-order chi connectivity index (χ1) is 19.5. The van der Waals surface area contributed by atoms with Gasteiger partial charge in [-0.2, -0.15) is 10.2 Å². The highest BCUT2D eigenvalue weighted by Crippen LogP contribution is 2.46. The Bertz CT molecular complexity index is 2360. The molecule has 3 aromatic carbocycles. The highest BCUT2D eigenvalue weighted by atomic mass is 32.1. The second-order valence-electron chi connectivity index (χ2n) is 10.00. The van der Waals surface area contributed by atoms with Gasteiger partial charge in [0, 0.05) is 89.8 Å². The zero-order chi connectivity index (χ0) is 26.9. The Morgan fingerprint density at radius 3 is 1.23 bits per heavy atom.